The van der Waals surface area contributed by atoms with Gasteiger partial charge in [-0.05, 0) is 224 Å². The van der Waals surface area contributed by atoms with Crippen molar-refractivity contribution in [1.29, 1.82) is 0 Å². The van der Waals surface area contributed by atoms with E-state index in [1.165, 1.54) is 144 Å². The zero-order chi connectivity index (χ0) is 57.4. The van der Waals surface area contributed by atoms with Crippen LogP contribution in [0.25, 0.3) is 72.9 Å². The molecule has 0 saturated heterocycles. The SMILES string of the molecule is C(=C\c1cc(/C=C/c2ccccc2)cc(C23CC4CC(C2)CC(C25CC6CC(c7cc(/C=C/c8ccccc8)cc(/C=C/c8ccccc8)c7)(CC(c7cc(/C=C/c8ccccc8)cc(/C=C/c8ccccc8)c7)(C6)C2)C5)(C4)C3)c1)/c1ccccc1. The van der Waals surface area contributed by atoms with E-state index in [1.54, 1.807) is 16.7 Å². The van der Waals surface area contributed by atoms with Crippen LogP contribution in [0.15, 0.2) is 237 Å². The first-order valence-corrected chi connectivity index (χ1v) is 32.1. The van der Waals surface area contributed by atoms with E-state index >= 15 is 0 Å². The van der Waals surface area contributed by atoms with Gasteiger partial charge < -0.3 is 0 Å². The fourth-order valence-electron chi connectivity index (χ4n) is 19.0. The normalized spacial score (nSPS) is 27.3. The second-order valence-electron chi connectivity index (χ2n) is 27.5. The molecular formula is C86H78. The summed E-state index contributed by atoms with van der Waals surface area (Å²) in [6.45, 7) is 0. The van der Waals surface area contributed by atoms with Gasteiger partial charge in [0.15, 0.2) is 0 Å². The van der Waals surface area contributed by atoms with E-state index in [9.17, 15) is 0 Å². The molecule has 422 valence electrons. The Morgan fingerprint density at radius 2 is 0.442 bits per heavy atom. The molecule has 8 aliphatic carbocycles. The van der Waals surface area contributed by atoms with Crippen LogP contribution in [-0.4, -0.2) is 0 Å². The van der Waals surface area contributed by atoms with Gasteiger partial charge in [-0.25, -0.2) is 0 Å². The second-order valence-corrected chi connectivity index (χ2v) is 27.5. The Balaban J connectivity index is 0.894. The molecule has 8 saturated carbocycles. The Labute approximate surface area is 511 Å². The molecule has 86 heavy (non-hydrogen) atoms. The van der Waals surface area contributed by atoms with Crippen LogP contribution in [0.5, 0.6) is 0 Å². The maximum Gasteiger partial charge on any atom is -0.00299 e. The van der Waals surface area contributed by atoms with Gasteiger partial charge in [0, 0.05) is 0 Å². The minimum absolute atomic E-state index is 0.00925. The molecule has 0 heterocycles. The zero-order valence-corrected chi connectivity index (χ0v) is 49.7. The van der Waals surface area contributed by atoms with Crippen LogP contribution in [0.3, 0.4) is 0 Å². The van der Waals surface area contributed by atoms with Crippen molar-refractivity contribution in [2.24, 2.45) is 28.6 Å². The highest BCUT2D eigenvalue weighted by molar-refractivity contribution is 5.78. The molecule has 0 N–H and O–H groups in total. The zero-order valence-electron chi connectivity index (χ0n) is 49.7. The molecule has 0 aromatic heterocycles. The first-order valence-electron chi connectivity index (χ1n) is 32.1. The average molecular weight is 1110 g/mol. The molecule has 4 unspecified atom stereocenters. The van der Waals surface area contributed by atoms with Crippen LogP contribution < -0.4 is 0 Å². The minimum Gasteiger partial charge on any atom is -0.0622 e. The van der Waals surface area contributed by atoms with Gasteiger partial charge in [-0.3, -0.25) is 0 Å². The minimum atomic E-state index is 0.00925. The summed E-state index contributed by atoms with van der Waals surface area (Å²) in [5.74, 6) is 2.12. The standard InChI is InChI=1S/C86H78/c1-7-19-64(20-8-1)31-37-70-43-71(38-32-65-21-9-2-10-22-65)48-79(47-70)82-53-76-46-77(54-82)58-85(57-76,61-82)86-59-78-55-83(62-86,80-49-72(39-33-66-23-11-3-12-24-66)44-73(50-80)40-34-67-25-13-4-14-26-67)60-84(56-78,63-86)81-51-74(41-35-68-27-15-5-16-28-68)45-75(52-81)42-36-69-29-17-6-18-30-69/h1-45,47-52,76-78H,46,53-63H2/b37-31+,38-32+,39-33+,40-34+,41-35+,42-36+. The highest BCUT2D eigenvalue weighted by Crippen LogP contribution is 2.81. The summed E-state index contributed by atoms with van der Waals surface area (Å²) < 4.78 is 0. The van der Waals surface area contributed by atoms with Gasteiger partial charge in [-0.2, -0.15) is 0 Å². The maximum absolute atomic E-state index is 2.65. The van der Waals surface area contributed by atoms with Crippen molar-refractivity contribution in [3.8, 4) is 0 Å². The molecule has 4 atom stereocenters. The molecule has 17 rings (SSSR count). The second kappa shape index (κ2) is 22.7. The van der Waals surface area contributed by atoms with Crippen LogP contribution in [0, 0.1) is 28.6 Å². The van der Waals surface area contributed by atoms with Gasteiger partial charge in [0.2, 0.25) is 0 Å². The van der Waals surface area contributed by atoms with Gasteiger partial charge in [0.25, 0.3) is 0 Å². The predicted octanol–water partition coefficient (Wildman–Crippen LogP) is 22.4. The van der Waals surface area contributed by atoms with Gasteiger partial charge in [-0.1, -0.05) is 291 Å². The van der Waals surface area contributed by atoms with Gasteiger partial charge in [0.05, 0.1) is 0 Å². The summed E-state index contributed by atoms with van der Waals surface area (Å²) in [6, 6.07) is 88.6. The number of benzene rings is 9. The smallest absolute Gasteiger partial charge is 0.00299 e. The summed E-state index contributed by atoms with van der Waals surface area (Å²) in [4.78, 5) is 0. The molecule has 0 aliphatic heterocycles. The van der Waals surface area contributed by atoms with E-state index in [0.717, 1.165) is 11.8 Å². The summed E-state index contributed by atoms with van der Waals surface area (Å²) in [5.41, 5.74) is 20.5. The number of hydrogen-bond donors (Lipinski definition) is 0. The van der Waals surface area contributed by atoms with Crippen molar-refractivity contribution in [2.75, 3.05) is 0 Å². The van der Waals surface area contributed by atoms with E-state index in [0.29, 0.717) is 5.92 Å². The van der Waals surface area contributed by atoms with Crippen molar-refractivity contribution >= 4 is 72.9 Å². The summed E-state index contributed by atoms with van der Waals surface area (Å²) in [7, 11) is 0. The van der Waals surface area contributed by atoms with E-state index in [2.05, 4.69) is 310 Å². The fourth-order valence-corrected chi connectivity index (χ4v) is 19.0. The Bertz CT molecular complexity index is 3680. The Kier molecular flexibility index (Phi) is 14.3. The molecule has 0 amide bonds. The third-order valence-corrected chi connectivity index (χ3v) is 21.6. The van der Waals surface area contributed by atoms with E-state index in [1.807, 2.05) is 0 Å². The van der Waals surface area contributed by atoms with Gasteiger partial charge in [0.1, 0.15) is 0 Å². The van der Waals surface area contributed by atoms with Crippen molar-refractivity contribution in [2.45, 2.75) is 93.3 Å². The quantitative estimate of drug-likeness (QED) is 0.0846. The van der Waals surface area contributed by atoms with E-state index < -0.39 is 0 Å². The van der Waals surface area contributed by atoms with Crippen molar-refractivity contribution < 1.29 is 0 Å². The average Bonchev–Trinajstić information content (AvgIpc) is 0.681. The first-order chi connectivity index (χ1) is 42.2. The fraction of sp³-hybridized carbons (Fsp3) is 0.233. The Morgan fingerprint density at radius 1 is 0.209 bits per heavy atom. The molecule has 8 bridgehead atoms. The summed E-state index contributed by atoms with van der Waals surface area (Å²) >= 11 is 0. The van der Waals surface area contributed by atoms with Crippen molar-refractivity contribution in [1.82, 2.24) is 0 Å². The highest BCUT2D eigenvalue weighted by Gasteiger charge is 2.73. The van der Waals surface area contributed by atoms with Crippen LogP contribution in [0.4, 0.5) is 0 Å². The van der Waals surface area contributed by atoms with Crippen LogP contribution in [-0.2, 0) is 16.2 Å². The van der Waals surface area contributed by atoms with Crippen LogP contribution >= 0.6 is 0 Å². The predicted molar refractivity (Wildman–Crippen MR) is 367 cm³/mol. The lowest BCUT2D eigenvalue weighted by Gasteiger charge is -2.76. The van der Waals surface area contributed by atoms with Crippen LogP contribution in [0.1, 0.15) is 161 Å². The molecule has 0 spiro atoms. The lowest BCUT2D eigenvalue weighted by molar-refractivity contribution is -0.218. The monoisotopic (exact) mass is 1110 g/mol. The first kappa shape index (κ1) is 54.1. The molecule has 8 aliphatic rings. The van der Waals surface area contributed by atoms with E-state index in [4.69, 9.17) is 0 Å². The number of hydrogen-bond acceptors (Lipinski definition) is 0. The van der Waals surface area contributed by atoms with Gasteiger partial charge >= 0.3 is 0 Å². The highest BCUT2D eigenvalue weighted by atomic mass is 14.8. The molecule has 0 radical (unpaired) electrons. The van der Waals surface area contributed by atoms with Gasteiger partial charge in [-0.15, -0.1) is 0 Å². The Morgan fingerprint density at radius 3 is 0.733 bits per heavy atom. The van der Waals surface area contributed by atoms with Crippen molar-refractivity contribution in [3.05, 3.63) is 320 Å². The molecule has 9 aromatic rings. The molecule has 0 heteroatoms. The van der Waals surface area contributed by atoms with Crippen LogP contribution in [0.2, 0.25) is 0 Å². The molecular weight excluding hydrogens is 1030 g/mol. The molecule has 0 nitrogen and oxygen atoms in total. The summed E-state index contributed by atoms with van der Waals surface area (Å²) in [5, 5.41) is 0. The third kappa shape index (κ3) is 10.9. The van der Waals surface area contributed by atoms with E-state index in [-0.39, 0.29) is 27.1 Å². The molecule has 9 aromatic carbocycles. The van der Waals surface area contributed by atoms with Crippen molar-refractivity contribution in [3.63, 3.8) is 0 Å². The lowest BCUT2D eigenvalue weighted by Crippen LogP contribution is -2.68. The largest absolute Gasteiger partial charge is 0.0622 e. The topological polar surface area (TPSA) is 0 Å². The summed E-state index contributed by atoms with van der Waals surface area (Å²) in [6.07, 6.45) is 44.0. The Hall–Kier alpha value is -8.58. The number of rotatable bonds is 16. The lowest BCUT2D eigenvalue weighted by atomic mass is 9.28. The maximum atomic E-state index is 2.65. The third-order valence-electron chi connectivity index (χ3n) is 21.6. The molecule has 8 fully saturated rings.